The molecule has 18 heavy (non-hydrogen) atoms. The maximum atomic E-state index is 12.5. The van der Waals surface area contributed by atoms with Gasteiger partial charge in [0.2, 0.25) is 10.0 Å². The van der Waals surface area contributed by atoms with Gasteiger partial charge >= 0.3 is 0 Å². The molecule has 1 atom stereocenters. The molecule has 0 aromatic carbocycles. The normalized spacial score (nSPS) is 20.6. The van der Waals surface area contributed by atoms with Gasteiger partial charge in [0.25, 0.3) is 0 Å². The van der Waals surface area contributed by atoms with Crippen LogP contribution in [-0.4, -0.2) is 36.1 Å². The molecule has 6 heteroatoms. The average molecular weight is 292 g/mol. The van der Waals surface area contributed by atoms with Crippen molar-refractivity contribution in [3.05, 3.63) is 0 Å². The van der Waals surface area contributed by atoms with E-state index in [-0.39, 0.29) is 11.0 Å². The summed E-state index contributed by atoms with van der Waals surface area (Å²) in [5, 5.41) is -0.722. The van der Waals surface area contributed by atoms with E-state index >= 15 is 0 Å². The molecule has 1 aliphatic rings. The van der Waals surface area contributed by atoms with Crippen LogP contribution < -0.4 is 5.73 Å². The van der Waals surface area contributed by atoms with Gasteiger partial charge in [-0.05, 0) is 19.3 Å². The Morgan fingerprint density at radius 2 is 1.83 bits per heavy atom. The summed E-state index contributed by atoms with van der Waals surface area (Å²) in [6.07, 6.45) is 6.96. The topological polar surface area (TPSA) is 63.4 Å². The van der Waals surface area contributed by atoms with Crippen molar-refractivity contribution < 1.29 is 8.42 Å². The van der Waals surface area contributed by atoms with E-state index in [1.807, 2.05) is 6.92 Å². The number of rotatable bonds is 5. The fourth-order valence-electron chi connectivity index (χ4n) is 2.59. The Morgan fingerprint density at radius 3 is 2.22 bits per heavy atom. The van der Waals surface area contributed by atoms with E-state index < -0.39 is 15.3 Å². The van der Waals surface area contributed by atoms with E-state index in [1.54, 1.807) is 7.05 Å². The SMILES string of the molecule is CCC(C(N)=S)S(=O)(=O)N(C)C1CCCCCC1. The zero-order chi connectivity index (χ0) is 13.8. The van der Waals surface area contributed by atoms with E-state index in [0.29, 0.717) is 6.42 Å². The summed E-state index contributed by atoms with van der Waals surface area (Å²) in [5.74, 6) is 0. The highest BCUT2D eigenvalue weighted by Crippen LogP contribution is 2.25. The molecule has 106 valence electrons. The first-order valence-electron chi connectivity index (χ1n) is 6.67. The van der Waals surface area contributed by atoms with Crippen LogP contribution in [0.5, 0.6) is 0 Å². The highest BCUT2D eigenvalue weighted by Gasteiger charge is 2.34. The van der Waals surface area contributed by atoms with Crippen molar-refractivity contribution in [2.45, 2.75) is 63.2 Å². The Morgan fingerprint density at radius 1 is 1.33 bits per heavy atom. The molecule has 1 unspecified atom stereocenters. The molecule has 2 N–H and O–H groups in total. The molecule has 0 aliphatic heterocycles. The summed E-state index contributed by atoms with van der Waals surface area (Å²) in [6, 6.07) is 0.112. The van der Waals surface area contributed by atoms with Gasteiger partial charge in [-0.3, -0.25) is 0 Å². The first-order valence-corrected chi connectivity index (χ1v) is 8.58. The Bertz CT molecular complexity index is 374. The first-order chi connectivity index (χ1) is 8.41. The minimum absolute atomic E-state index is 0.0815. The second-order valence-corrected chi connectivity index (χ2v) is 7.65. The molecule has 0 bridgehead atoms. The van der Waals surface area contributed by atoms with E-state index in [9.17, 15) is 8.42 Å². The van der Waals surface area contributed by atoms with Crippen molar-refractivity contribution in [2.24, 2.45) is 5.73 Å². The van der Waals surface area contributed by atoms with Gasteiger partial charge in [0, 0.05) is 13.1 Å². The van der Waals surface area contributed by atoms with Crippen LogP contribution in [0.25, 0.3) is 0 Å². The molecule has 0 heterocycles. The Balaban J connectivity index is 2.85. The predicted octanol–water partition coefficient (Wildman–Crippen LogP) is 2.04. The van der Waals surface area contributed by atoms with Gasteiger partial charge in [0.05, 0.1) is 4.99 Å². The van der Waals surface area contributed by atoms with Crippen LogP contribution in [0.15, 0.2) is 0 Å². The standard InChI is InChI=1S/C12H24N2O2S2/c1-3-11(12(13)17)18(15,16)14(2)10-8-6-4-5-7-9-10/h10-11H,3-9H2,1-2H3,(H2,13,17). The number of hydrogen-bond donors (Lipinski definition) is 1. The largest absolute Gasteiger partial charge is 0.392 e. The molecule has 0 aromatic rings. The summed E-state index contributed by atoms with van der Waals surface area (Å²) in [5.41, 5.74) is 5.56. The van der Waals surface area contributed by atoms with Crippen molar-refractivity contribution in [3.63, 3.8) is 0 Å². The van der Waals surface area contributed by atoms with Gasteiger partial charge in [-0.25, -0.2) is 12.7 Å². The van der Waals surface area contributed by atoms with Gasteiger partial charge in [-0.2, -0.15) is 0 Å². The third kappa shape index (κ3) is 3.65. The third-order valence-electron chi connectivity index (χ3n) is 3.79. The van der Waals surface area contributed by atoms with Crippen molar-refractivity contribution in [1.82, 2.24) is 4.31 Å². The summed E-state index contributed by atoms with van der Waals surface area (Å²) < 4.78 is 26.5. The molecular weight excluding hydrogens is 268 g/mol. The van der Waals surface area contributed by atoms with Gasteiger partial charge in [-0.1, -0.05) is 44.8 Å². The zero-order valence-electron chi connectivity index (χ0n) is 11.3. The average Bonchev–Trinajstić information content (AvgIpc) is 2.56. The molecule has 0 amide bonds. The fraction of sp³-hybridized carbons (Fsp3) is 0.917. The van der Waals surface area contributed by atoms with Crippen LogP contribution in [0.4, 0.5) is 0 Å². The van der Waals surface area contributed by atoms with Crippen molar-refractivity contribution in [2.75, 3.05) is 7.05 Å². The number of sulfonamides is 1. The van der Waals surface area contributed by atoms with Crippen LogP contribution in [0.3, 0.4) is 0 Å². The quantitative estimate of drug-likeness (QED) is 0.622. The molecule has 1 saturated carbocycles. The maximum absolute atomic E-state index is 12.5. The summed E-state index contributed by atoms with van der Waals surface area (Å²) in [7, 11) is -1.73. The van der Waals surface area contributed by atoms with Gasteiger partial charge in [0.1, 0.15) is 5.25 Å². The monoisotopic (exact) mass is 292 g/mol. The summed E-state index contributed by atoms with van der Waals surface area (Å²) in [6.45, 7) is 1.81. The summed E-state index contributed by atoms with van der Waals surface area (Å²) >= 11 is 4.88. The second-order valence-electron chi connectivity index (χ2n) is 5.01. The van der Waals surface area contributed by atoms with E-state index in [0.717, 1.165) is 25.7 Å². The number of nitrogens with two attached hydrogens (primary N) is 1. The lowest BCUT2D eigenvalue weighted by Gasteiger charge is -2.29. The summed E-state index contributed by atoms with van der Waals surface area (Å²) in [4.78, 5) is 0.0815. The molecular formula is C12H24N2O2S2. The molecule has 0 spiro atoms. The Kier molecular flexibility index (Phi) is 6.01. The van der Waals surface area contributed by atoms with Crippen LogP contribution in [0, 0.1) is 0 Å². The molecule has 0 aromatic heterocycles. The maximum Gasteiger partial charge on any atom is 0.223 e. The van der Waals surface area contributed by atoms with Gasteiger partial charge in [0.15, 0.2) is 0 Å². The number of thiocarbonyl (C=S) groups is 1. The minimum Gasteiger partial charge on any atom is -0.392 e. The lowest BCUT2D eigenvalue weighted by Crippen LogP contribution is -2.46. The number of nitrogens with zero attached hydrogens (tertiary/aromatic N) is 1. The minimum atomic E-state index is -3.40. The van der Waals surface area contributed by atoms with Gasteiger partial charge < -0.3 is 5.73 Å². The highest BCUT2D eigenvalue weighted by atomic mass is 32.2. The molecule has 0 radical (unpaired) electrons. The van der Waals surface area contributed by atoms with Crippen molar-refractivity contribution in [3.8, 4) is 0 Å². The van der Waals surface area contributed by atoms with Crippen molar-refractivity contribution >= 4 is 27.2 Å². The smallest absolute Gasteiger partial charge is 0.223 e. The van der Waals surface area contributed by atoms with E-state index in [1.165, 1.54) is 17.1 Å². The molecule has 0 saturated heterocycles. The van der Waals surface area contributed by atoms with E-state index in [4.69, 9.17) is 18.0 Å². The Hall–Kier alpha value is -0.200. The second kappa shape index (κ2) is 6.82. The fourth-order valence-corrected chi connectivity index (χ4v) is 4.86. The highest BCUT2D eigenvalue weighted by molar-refractivity contribution is 7.92. The zero-order valence-corrected chi connectivity index (χ0v) is 12.9. The van der Waals surface area contributed by atoms with Crippen LogP contribution in [0.2, 0.25) is 0 Å². The molecule has 1 rings (SSSR count). The first kappa shape index (κ1) is 15.9. The van der Waals surface area contributed by atoms with Gasteiger partial charge in [-0.15, -0.1) is 0 Å². The van der Waals surface area contributed by atoms with E-state index in [2.05, 4.69) is 0 Å². The molecule has 4 nitrogen and oxygen atoms in total. The lowest BCUT2D eigenvalue weighted by atomic mass is 10.1. The predicted molar refractivity (Wildman–Crippen MR) is 79.0 cm³/mol. The Labute approximate surface area is 116 Å². The van der Waals surface area contributed by atoms with Crippen LogP contribution in [0.1, 0.15) is 51.9 Å². The third-order valence-corrected chi connectivity index (χ3v) is 6.63. The molecule has 1 aliphatic carbocycles. The number of hydrogen-bond acceptors (Lipinski definition) is 3. The molecule has 1 fully saturated rings. The van der Waals surface area contributed by atoms with Crippen LogP contribution in [-0.2, 0) is 10.0 Å². The van der Waals surface area contributed by atoms with Crippen LogP contribution >= 0.6 is 12.2 Å². The lowest BCUT2D eigenvalue weighted by molar-refractivity contribution is 0.334. The van der Waals surface area contributed by atoms with Crippen molar-refractivity contribution in [1.29, 1.82) is 0 Å².